The highest BCUT2D eigenvalue weighted by Crippen LogP contribution is 2.34. The summed E-state index contributed by atoms with van der Waals surface area (Å²) in [4.78, 5) is 0. The maximum absolute atomic E-state index is 12.7. The van der Waals surface area contributed by atoms with E-state index in [9.17, 15) is 17.6 Å². The molecule has 2 aromatic rings. The third-order valence-electron chi connectivity index (χ3n) is 2.54. The van der Waals surface area contributed by atoms with E-state index in [0.29, 0.717) is 5.56 Å². The number of rotatable bonds is 3. The lowest BCUT2D eigenvalue weighted by atomic mass is 10.1. The molecular weight excluding hydrogens is 258 g/mol. The first-order valence-corrected chi connectivity index (χ1v) is 5.53. The Kier molecular flexibility index (Phi) is 3.74. The summed E-state index contributed by atoms with van der Waals surface area (Å²) >= 11 is 0. The van der Waals surface area contributed by atoms with Gasteiger partial charge >= 0.3 is 6.18 Å². The molecule has 1 radical (unpaired) electrons. The Balaban J connectivity index is 2.14. The molecule has 0 bridgehead atoms. The van der Waals surface area contributed by atoms with Gasteiger partial charge in [-0.1, -0.05) is 24.3 Å². The van der Waals surface area contributed by atoms with Crippen molar-refractivity contribution in [3.63, 3.8) is 0 Å². The Labute approximate surface area is 107 Å². The topological polar surface area (TPSA) is 12.0 Å². The zero-order valence-electron chi connectivity index (χ0n) is 9.76. The molecule has 0 aliphatic heterocycles. The number of hydrogen-bond donors (Lipinski definition) is 1. The fraction of sp³-hybridized carbons (Fsp3) is 0.143. The van der Waals surface area contributed by atoms with Crippen LogP contribution in [0, 0.1) is 11.9 Å². The standard InChI is InChI=1S/C14H10F4N/c15-11-7-5-10(6-8-11)9-19-13-4-2-1-3-12(13)14(16,17)18/h1-3,5-8,19H,9H2. The maximum Gasteiger partial charge on any atom is 0.418 e. The van der Waals surface area contributed by atoms with Crippen molar-refractivity contribution in [2.45, 2.75) is 12.7 Å². The predicted octanol–water partition coefficient (Wildman–Crippen LogP) is 4.26. The molecule has 5 heteroatoms. The summed E-state index contributed by atoms with van der Waals surface area (Å²) in [6, 6.07) is 11.7. The van der Waals surface area contributed by atoms with Gasteiger partial charge in [0, 0.05) is 12.6 Å². The van der Waals surface area contributed by atoms with Crippen LogP contribution in [0.1, 0.15) is 11.1 Å². The van der Waals surface area contributed by atoms with Crippen molar-refractivity contribution in [3.05, 3.63) is 65.5 Å². The molecule has 0 heterocycles. The number of anilines is 1. The molecule has 2 aromatic carbocycles. The fourth-order valence-corrected chi connectivity index (χ4v) is 1.61. The van der Waals surface area contributed by atoms with Gasteiger partial charge in [-0.2, -0.15) is 13.2 Å². The van der Waals surface area contributed by atoms with Gasteiger partial charge in [-0.05, 0) is 23.8 Å². The predicted molar refractivity (Wildman–Crippen MR) is 64.0 cm³/mol. The van der Waals surface area contributed by atoms with E-state index in [1.165, 1.54) is 36.4 Å². The highest BCUT2D eigenvalue weighted by molar-refractivity contribution is 5.51. The Bertz CT molecular complexity index is 546. The molecule has 0 unspecified atom stereocenters. The smallest absolute Gasteiger partial charge is 0.380 e. The number of benzene rings is 2. The summed E-state index contributed by atoms with van der Waals surface area (Å²) in [6.45, 7) is 0.171. The molecule has 0 spiro atoms. The lowest BCUT2D eigenvalue weighted by molar-refractivity contribution is -0.137. The molecule has 1 nitrogen and oxygen atoms in total. The molecule has 0 amide bonds. The summed E-state index contributed by atoms with van der Waals surface area (Å²) < 4.78 is 50.8. The van der Waals surface area contributed by atoms with E-state index in [1.54, 1.807) is 0 Å². The van der Waals surface area contributed by atoms with Gasteiger partial charge in [0.15, 0.2) is 0 Å². The third-order valence-corrected chi connectivity index (χ3v) is 2.54. The van der Waals surface area contributed by atoms with Crippen LogP contribution >= 0.6 is 0 Å². The van der Waals surface area contributed by atoms with Gasteiger partial charge in [0.1, 0.15) is 5.82 Å². The second-order valence-corrected chi connectivity index (χ2v) is 3.94. The van der Waals surface area contributed by atoms with Crippen molar-refractivity contribution in [2.24, 2.45) is 0 Å². The van der Waals surface area contributed by atoms with E-state index in [4.69, 9.17) is 0 Å². The van der Waals surface area contributed by atoms with Gasteiger partial charge in [0.2, 0.25) is 0 Å². The van der Waals surface area contributed by atoms with Gasteiger partial charge in [-0.15, -0.1) is 0 Å². The largest absolute Gasteiger partial charge is 0.418 e. The maximum atomic E-state index is 12.7. The Hall–Kier alpha value is -2.04. The van der Waals surface area contributed by atoms with Crippen molar-refractivity contribution in [2.75, 3.05) is 5.32 Å². The third kappa shape index (κ3) is 3.47. The second kappa shape index (κ2) is 5.30. The van der Waals surface area contributed by atoms with Gasteiger partial charge in [-0.25, -0.2) is 4.39 Å². The minimum Gasteiger partial charge on any atom is -0.380 e. The number of para-hydroxylation sites is 1. The van der Waals surface area contributed by atoms with E-state index < -0.39 is 11.7 Å². The van der Waals surface area contributed by atoms with Gasteiger partial charge < -0.3 is 5.32 Å². The quantitative estimate of drug-likeness (QED) is 0.820. The molecule has 2 rings (SSSR count). The second-order valence-electron chi connectivity index (χ2n) is 3.94. The minimum atomic E-state index is -4.43. The van der Waals surface area contributed by atoms with E-state index in [2.05, 4.69) is 11.4 Å². The lowest BCUT2D eigenvalue weighted by Gasteiger charge is -2.14. The number of halogens is 4. The van der Waals surface area contributed by atoms with Crippen LogP contribution in [0.25, 0.3) is 0 Å². The summed E-state index contributed by atoms with van der Waals surface area (Å²) in [7, 11) is 0. The number of nitrogens with one attached hydrogen (secondary N) is 1. The monoisotopic (exact) mass is 268 g/mol. The van der Waals surface area contributed by atoms with Crippen molar-refractivity contribution < 1.29 is 17.6 Å². The first kappa shape index (κ1) is 13.4. The number of alkyl halides is 3. The van der Waals surface area contributed by atoms with Crippen LogP contribution in [0.4, 0.5) is 23.2 Å². The first-order valence-electron chi connectivity index (χ1n) is 5.53. The molecule has 19 heavy (non-hydrogen) atoms. The Morgan fingerprint density at radius 3 is 2.37 bits per heavy atom. The SMILES string of the molecule is Fc1ccc(CNc2[c]cccc2C(F)(F)F)cc1. The van der Waals surface area contributed by atoms with Crippen molar-refractivity contribution >= 4 is 5.69 Å². The van der Waals surface area contributed by atoms with Crippen LogP contribution in [-0.2, 0) is 12.7 Å². The van der Waals surface area contributed by atoms with Crippen molar-refractivity contribution in [1.29, 1.82) is 0 Å². The Morgan fingerprint density at radius 1 is 1.05 bits per heavy atom. The van der Waals surface area contributed by atoms with E-state index in [-0.39, 0.29) is 18.0 Å². The average molecular weight is 268 g/mol. The molecule has 0 aliphatic rings. The van der Waals surface area contributed by atoms with E-state index >= 15 is 0 Å². The molecule has 0 aliphatic carbocycles. The minimum absolute atomic E-state index is 0.112. The van der Waals surface area contributed by atoms with E-state index in [1.807, 2.05) is 0 Å². The lowest BCUT2D eigenvalue weighted by Crippen LogP contribution is -2.10. The highest BCUT2D eigenvalue weighted by atomic mass is 19.4. The summed E-state index contributed by atoms with van der Waals surface area (Å²) in [6.07, 6.45) is -4.43. The van der Waals surface area contributed by atoms with Crippen molar-refractivity contribution in [1.82, 2.24) is 0 Å². The fourth-order valence-electron chi connectivity index (χ4n) is 1.61. The van der Waals surface area contributed by atoms with Crippen LogP contribution in [-0.4, -0.2) is 0 Å². The van der Waals surface area contributed by atoms with Crippen molar-refractivity contribution in [3.8, 4) is 0 Å². The average Bonchev–Trinajstić information content (AvgIpc) is 2.37. The van der Waals surface area contributed by atoms with Crippen LogP contribution in [0.15, 0.2) is 42.5 Å². The molecular formula is C14H10F4N. The van der Waals surface area contributed by atoms with Crippen LogP contribution < -0.4 is 5.32 Å². The highest BCUT2D eigenvalue weighted by Gasteiger charge is 2.33. The molecule has 0 saturated heterocycles. The van der Waals surface area contributed by atoms with Crippen LogP contribution in [0.5, 0.6) is 0 Å². The van der Waals surface area contributed by atoms with Crippen LogP contribution in [0.3, 0.4) is 0 Å². The molecule has 99 valence electrons. The first-order chi connectivity index (χ1) is 8.97. The van der Waals surface area contributed by atoms with E-state index in [0.717, 1.165) is 6.07 Å². The molecule has 1 N–H and O–H groups in total. The molecule has 0 fully saturated rings. The molecule has 0 saturated carbocycles. The zero-order chi connectivity index (χ0) is 13.9. The van der Waals surface area contributed by atoms with Gasteiger partial charge in [-0.3, -0.25) is 0 Å². The molecule has 0 aromatic heterocycles. The normalized spacial score (nSPS) is 11.4. The van der Waals surface area contributed by atoms with Gasteiger partial charge in [0.25, 0.3) is 0 Å². The zero-order valence-corrected chi connectivity index (χ0v) is 9.76. The van der Waals surface area contributed by atoms with Gasteiger partial charge in [0.05, 0.1) is 11.3 Å². The summed E-state index contributed by atoms with van der Waals surface area (Å²) in [5.74, 6) is -0.383. The molecule has 0 atom stereocenters. The number of hydrogen-bond acceptors (Lipinski definition) is 1. The van der Waals surface area contributed by atoms with Crippen LogP contribution in [0.2, 0.25) is 0 Å². The summed E-state index contributed by atoms with van der Waals surface area (Å²) in [5.41, 5.74) is -0.191. The summed E-state index contributed by atoms with van der Waals surface area (Å²) in [5, 5.41) is 2.66. The Morgan fingerprint density at radius 2 is 1.74 bits per heavy atom.